The van der Waals surface area contributed by atoms with Crippen molar-refractivity contribution in [2.24, 2.45) is 10.2 Å². The number of fused-ring (bicyclic) bond motifs is 1. The number of nitrogens with zero attached hydrogens (tertiary/aromatic N) is 4. The Kier molecular flexibility index (Phi) is 3.71. The van der Waals surface area contributed by atoms with Crippen LogP contribution in [0.5, 0.6) is 5.75 Å². The van der Waals surface area contributed by atoms with Crippen LogP contribution in [0, 0.1) is 6.92 Å². The van der Waals surface area contributed by atoms with Gasteiger partial charge in [-0.2, -0.15) is 0 Å². The van der Waals surface area contributed by atoms with Gasteiger partial charge in [-0.25, -0.2) is 9.78 Å². The number of hydrogen-bond acceptors (Lipinski definition) is 5. The van der Waals surface area contributed by atoms with Crippen LogP contribution in [0.1, 0.15) is 16.1 Å². The number of carboxylic acid groups (broad SMARTS) is 1. The van der Waals surface area contributed by atoms with E-state index >= 15 is 0 Å². The number of rotatable bonds is 3. The van der Waals surface area contributed by atoms with Gasteiger partial charge >= 0.3 is 5.97 Å². The van der Waals surface area contributed by atoms with Crippen molar-refractivity contribution in [2.45, 2.75) is 6.92 Å². The summed E-state index contributed by atoms with van der Waals surface area (Å²) in [5, 5.41) is 27.2. The Morgan fingerprint density at radius 2 is 2.04 bits per heavy atom. The number of aromatic nitrogens is 2. The lowest BCUT2D eigenvalue weighted by molar-refractivity contribution is 0.0692. The molecule has 0 aliphatic heterocycles. The van der Waals surface area contributed by atoms with Gasteiger partial charge in [0.25, 0.3) is 0 Å². The average molecular weight is 331 g/mol. The number of aryl methyl sites for hydroxylation is 1. The Morgan fingerprint density at radius 3 is 2.74 bits per heavy atom. The Labute approximate surface area is 135 Å². The quantitative estimate of drug-likeness (QED) is 0.705. The van der Waals surface area contributed by atoms with Crippen molar-refractivity contribution in [3.8, 4) is 5.75 Å². The molecule has 0 saturated carbocycles. The monoisotopic (exact) mass is 330 g/mol. The van der Waals surface area contributed by atoms with Crippen LogP contribution in [0.2, 0.25) is 5.02 Å². The largest absolute Gasteiger partial charge is 0.508 e. The molecule has 0 bridgehead atoms. The van der Waals surface area contributed by atoms with Crippen molar-refractivity contribution in [3.05, 3.63) is 52.8 Å². The number of hydrogen-bond donors (Lipinski definition) is 2. The van der Waals surface area contributed by atoms with E-state index in [1.165, 1.54) is 22.7 Å². The molecule has 0 aliphatic rings. The van der Waals surface area contributed by atoms with Crippen LogP contribution in [0.4, 0.5) is 11.5 Å². The van der Waals surface area contributed by atoms with E-state index in [4.69, 9.17) is 11.6 Å². The molecule has 3 aromatic rings. The fourth-order valence-corrected chi connectivity index (χ4v) is 2.26. The molecule has 2 aromatic heterocycles. The Bertz CT molecular complexity index is 949. The molecule has 0 fully saturated rings. The van der Waals surface area contributed by atoms with Gasteiger partial charge in [-0.3, -0.25) is 4.40 Å². The first-order valence-electron chi connectivity index (χ1n) is 6.58. The lowest BCUT2D eigenvalue weighted by Gasteiger charge is -2.00. The van der Waals surface area contributed by atoms with Crippen LogP contribution in [0.15, 0.2) is 46.8 Å². The first-order chi connectivity index (χ1) is 11.0. The van der Waals surface area contributed by atoms with E-state index in [0.717, 1.165) is 0 Å². The molecule has 0 unspecified atom stereocenters. The van der Waals surface area contributed by atoms with Gasteiger partial charge in [-0.1, -0.05) is 11.6 Å². The summed E-state index contributed by atoms with van der Waals surface area (Å²) in [7, 11) is 0. The molecule has 0 radical (unpaired) electrons. The highest BCUT2D eigenvalue weighted by Crippen LogP contribution is 2.28. The fraction of sp³-hybridized carbons (Fsp3) is 0.0667. The SMILES string of the molecule is Cc1cc(O)ccc1N=Nc1c(C(=O)O)nc2ccc(Cl)cn12. The number of carboxylic acids is 1. The zero-order chi connectivity index (χ0) is 16.6. The van der Waals surface area contributed by atoms with Crippen molar-refractivity contribution in [1.29, 1.82) is 0 Å². The van der Waals surface area contributed by atoms with Crippen molar-refractivity contribution in [1.82, 2.24) is 9.38 Å². The van der Waals surface area contributed by atoms with Gasteiger partial charge in [0.05, 0.1) is 10.7 Å². The molecule has 116 valence electrons. The fourth-order valence-electron chi connectivity index (χ4n) is 2.10. The number of carbonyl (C=O) groups is 1. The summed E-state index contributed by atoms with van der Waals surface area (Å²) in [5.41, 5.74) is 1.41. The molecule has 2 N–H and O–H groups in total. The topological polar surface area (TPSA) is 99.5 Å². The highest BCUT2D eigenvalue weighted by molar-refractivity contribution is 6.30. The van der Waals surface area contributed by atoms with Gasteiger partial charge in [0.2, 0.25) is 0 Å². The predicted octanol–water partition coefficient (Wildman–Crippen LogP) is 4.12. The highest BCUT2D eigenvalue weighted by atomic mass is 35.5. The third kappa shape index (κ3) is 2.86. The Hall–Kier alpha value is -2.93. The second kappa shape index (κ2) is 5.69. The third-order valence-electron chi connectivity index (χ3n) is 3.19. The van der Waals surface area contributed by atoms with Crippen molar-refractivity contribution >= 4 is 34.7 Å². The molecule has 0 atom stereocenters. The minimum Gasteiger partial charge on any atom is -0.508 e. The number of aromatic carboxylic acids is 1. The van der Waals surface area contributed by atoms with Gasteiger partial charge in [0, 0.05) is 6.20 Å². The number of imidazole rings is 1. The lowest BCUT2D eigenvalue weighted by Crippen LogP contribution is -1.96. The van der Waals surface area contributed by atoms with Crippen LogP contribution in [-0.4, -0.2) is 25.6 Å². The van der Waals surface area contributed by atoms with Crippen LogP contribution >= 0.6 is 11.6 Å². The van der Waals surface area contributed by atoms with Gasteiger partial charge < -0.3 is 10.2 Å². The highest BCUT2D eigenvalue weighted by Gasteiger charge is 2.18. The number of benzene rings is 1. The molecule has 0 aliphatic carbocycles. The first kappa shape index (κ1) is 15.0. The number of azo groups is 1. The van der Waals surface area contributed by atoms with Crippen LogP contribution < -0.4 is 0 Å². The summed E-state index contributed by atoms with van der Waals surface area (Å²) in [5.74, 6) is -1.02. The summed E-state index contributed by atoms with van der Waals surface area (Å²) >= 11 is 5.94. The molecule has 8 heteroatoms. The molecule has 1 aromatic carbocycles. The van der Waals surface area contributed by atoms with Crippen LogP contribution in [0.25, 0.3) is 5.65 Å². The number of phenolic OH excluding ortho intramolecular Hbond substituents is 1. The molecule has 2 heterocycles. The van der Waals surface area contributed by atoms with E-state index in [2.05, 4.69) is 15.2 Å². The van der Waals surface area contributed by atoms with Crippen molar-refractivity contribution in [2.75, 3.05) is 0 Å². The van der Waals surface area contributed by atoms with Crippen molar-refractivity contribution in [3.63, 3.8) is 0 Å². The van der Waals surface area contributed by atoms with E-state index in [9.17, 15) is 15.0 Å². The Balaban J connectivity index is 2.14. The smallest absolute Gasteiger partial charge is 0.358 e. The molecule has 7 nitrogen and oxygen atoms in total. The number of halogens is 1. The predicted molar refractivity (Wildman–Crippen MR) is 84.2 cm³/mol. The number of pyridine rings is 1. The number of phenols is 1. The molecule has 3 rings (SSSR count). The van der Waals surface area contributed by atoms with E-state index in [0.29, 0.717) is 21.9 Å². The van der Waals surface area contributed by atoms with E-state index < -0.39 is 5.97 Å². The second-order valence-corrected chi connectivity index (χ2v) is 5.27. The summed E-state index contributed by atoms with van der Waals surface area (Å²) in [6.45, 7) is 1.76. The van der Waals surface area contributed by atoms with Gasteiger partial charge in [0.1, 0.15) is 11.4 Å². The van der Waals surface area contributed by atoms with Gasteiger partial charge in [0.15, 0.2) is 11.5 Å². The Morgan fingerprint density at radius 1 is 1.26 bits per heavy atom. The van der Waals surface area contributed by atoms with E-state index in [-0.39, 0.29) is 17.3 Å². The van der Waals surface area contributed by atoms with Crippen molar-refractivity contribution < 1.29 is 15.0 Å². The maximum Gasteiger partial charge on any atom is 0.358 e. The normalized spacial score (nSPS) is 11.4. The molecule has 23 heavy (non-hydrogen) atoms. The van der Waals surface area contributed by atoms with Crippen LogP contribution in [-0.2, 0) is 0 Å². The zero-order valence-corrected chi connectivity index (χ0v) is 12.7. The summed E-state index contributed by atoms with van der Waals surface area (Å²) in [4.78, 5) is 15.4. The lowest BCUT2D eigenvalue weighted by atomic mass is 10.2. The molecule has 0 saturated heterocycles. The third-order valence-corrected chi connectivity index (χ3v) is 3.42. The maximum absolute atomic E-state index is 11.4. The summed E-state index contributed by atoms with van der Waals surface area (Å²) in [6, 6.07) is 7.81. The molecular weight excluding hydrogens is 320 g/mol. The summed E-state index contributed by atoms with van der Waals surface area (Å²) in [6.07, 6.45) is 1.52. The van der Waals surface area contributed by atoms with Crippen LogP contribution in [0.3, 0.4) is 0 Å². The first-order valence-corrected chi connectivity index (χ1v) is 6.96. The summed E-state index contributed by atoms with van der Waals surface area (Å²) < 4.78 is 1.46. The molecule has 0 spiro atoms. The van der Waals surface area contributed by atoms with Gasteiger partial charge in [-0.05, 0) is 42.8 Å². The minimum absolute atomic E-state index is 0.0717. The second-order valence-electron chi connectivity index (χ2n) is 4.84. The zero-order valence-electron chi connectivity index (χ0n) is 11.9. The average Bonchev–Trinajstić information content (AvgIpc) is 2.84. The number of aromatic hydroxyl groups is 1. The van der Waals surface area contributed by atoms with E-state index in [1.54, 1.807) is 25.1 Å². The molecular formula is C15H11ClN4O3. The van der Waals surface area contributed by atoms with E-state index in [1.807, 2.05) is 0 Å². The standard InChI is InChI=1S/C15H11ClN4O3/c1-8-6-10(21)3-4-11(8)18-19-14-13(15(22)23)17-12-5-2-9(16)7-20(12)14/h2-7,21H,1H3,(H,22,23). The molecule has 0 amide bonds. The van der Waals surface area contributed by atoms with Gasteiger partial charge in [-0.15, -0.1) is 10.2 Å². The maximum atomic E-state index is 11.4. The minimum atomic E-state index is -1.21.